The van der Waals surface area contributed by atoms with Crippen molar-refractivity contribution in [2.45, 2.75) is 31.3 Å². The minimum atomic E-state index is -4.12. The number of sulfonamides is 1. The lowest BCUT2D eigenvalue weighted by Crippen LogP contribution is -2.50. The van der Waals surface area contributed by atoms with Gasteiger partial charge in [0, 0.05) is 23.1 Å². The second kappa shape index (κ2) is 11.9. The molecule has 1 N–H and O–H groups in total. The number of rotatable bonds is 9. The Morgan fingerprint density at radius 1 is 1.03 bits per heavy atom. The molecule has 0 aliphatic rings. The van der Waals surface area contributed by atoms with E-state index in [-0.39, 0.29) is 23.0 Å². The van der Waals surface area contributed by atoms with Crippen molar-refractivity contribution in [1.82, 2.24) is 10.2 Å². The first kappa shape index (κ1) is 27.7. The third-order valence-corrected chi connectivity index (χ3v) is 8.46. The van der Waals surface area contributed by atoms with E-state index in [4.69, 9.17) is 11.6 Å². The molecule has 3 aromatic carbocycles. The second-order valence-electron chi connectivity index (χ2n) is 8.20. The van der Waals surface area contributed by atoms with Gasteiger partial charge in [-0.25, -0.2) is 8.42 Å². The number of nitrogens with zero attached hydrogens (tertiary/aromatic N) is 2. The van der Waals surface area contributed by atoms with Crippen molar-refractivity contribution in [3.8, 4) is 0 Å². The summed E-state index contributed by atoms with van der Waals surface area (Å²) in [4.78, 5) is 27.6. The molecule has 36 heavy (non-hydrogen) atoms. The molecule has 0 radical (unpaired) electrons. The fourth-order valence-corrected chi connectivity index (χ4v) is 5.43. The van der Waals surface area contributed by atoms with Gasteiger partial charge in [0.05, 0.1) is 10.6 Å². The summed E-state index contributed by atoms with van der Waals surface area (Å²) >= 11 is 9.70. The number of aryl methyl sites for hydroxylation is 1. The fourth-order valence-electron chi connectivity index (χ4n) is 3.56. The number of carbonyl (C=O) groups is 2. The van der Waals surface area contributed by atoms with Crippen LogP contribution < -0.4 is 9.62 Å². The van der Waals surface area contributed by atoms with Gasteiger partial charge >= 0.3 is 0 Å². The summed E-state index contributed by atoms with van der Waals surface area (Å²) < 4.78 is 29.2. The van der Waals surface area contributed by atoms with Crippen molar-refractivity contribution in [2.75, 3.05) is 17.9 Å². The van der Waals surface area contributed by atoms with E-state index in [1.54, 1.807) is 44.2 Å². The highest BCUT2D eigenvalue weighted by Crippen LogP contribution is 2.28. The van der Waals surface area contributed by atoms with E-state index in [9.17, 15) is 18.0 Å². The molecule has 2 amide bonds. The van der Waals surface area contributed by atoms with E-state index >= 15 is 0 Å². The highest BCUT2D eigenvalue weighted by atomic mass is 79.9. The average Bonchev–Trinajstić information content (AvgIpc) is 2.88. The van der Waals surface area contributed by atoms with Crippen LogP contribution in [0.1, 0.15) is 18.1 Å². The van der Waals surface area contributed by atoms with Crippen LogP contribution in [0.5, 0.6) is 0 Å². The van der Waals surface area contributed by atoms with Gasteiger partial charge in [0.25, 0.3) is 10.0 Å². The lowest BCUT2D eigenvalue weighted by Gasteiger charge is -2.32. The van der Waals surface area contributed by atoms with E-state index in [1.807, 2.05) is 24.3 Å². The number of halogens is 2. The predicted octanol–water partition coefficient (Wildman–Crippen LogP) is 4.77. The molecule has 3 aromatic rings. The molecule has 190 valence electrons. The summed E-state index contributed by atoms with van der Waals surface area (Å²) in [5.41, 5.74) is 1.81. The largest absolute Gasteiger partial charge is 0.357 e. The molecule has 0 aliphatic carbocycles. The van der Waals surface area contributed by atoms with E-state index in [0.29, 0.717) is 5.02 Å². The standard InChI is InChI=1S/C26H27BrClN3O4S/c1-18-9-14-22(15-24(18)28)31(36(34,35)23-7-5-4-6-8-23)17-25(32)30(19(2)26(33)29-3)16-20-10-12-21(27)13-11-20/h4-15,19H,16-17H2,1-3H3,(H,29,33). The van der Waals surface area contributed by atoms with Crippen molar-refractivity contribution in [1.29, 1.82) is 0 Å². The van der Waals surface area contributed by atoms with Crippen LogP contribution in [0.2, 0.25) is 5.02 Å². The van der Waals surface area contributed by atoms with Crippen LogP contribution in [-0.4, -0.2) is 44.8 Å². The van der Waals surface area contributed by atoms with Gasteiger partial charge in [-0.05, 0) is 61.4 Å². The first-order chi connectivity index (χ1) is 17.0. The average molecular weight is 593 g/mol. The van der Waals surface area contributed by atoms with Crippen LogP contribution in [0.15, 0.2) is 82.2 Å². The normalized spacial score (nSPS) is 12.0. The van der Waals surface area contributed by atoms with Crippen LogP contribution in [-0.2, 0) is 26.2 Å². The summed E-state index contributed by atoms with van der Waals surface area (Å²) in [7, 11) is -2.63. The fraction of sp³-hybridized carbons (Fsp3) is 0.231. The van der Waals surface area contributed by atoms with Crippen molar-refractivity contribution < 1.29 is 18.0 Å². The maximum absolute atomic E-state index is 13.7. The Morgan fingerprint density at radius 3 is 2.25 bits per heavy atom. The number of hydrogen-bond acceptors (Lipinski definition) is 4. The predicted molar refractivity (Wildman–Crippen MR) is 145 cm³/mol. The first-order valence-electron chi connectivity index (χ1n) is 11.1. The van der Waals surface area contributed by atoms with Crippen LogP contribution in [0.3, 0.4) is 0 Å². The number of benzene rings is 3. The molecule has 0 bridgehead atoms. The summed E-state index contributed by atoms with van der Waals surface area (Å²) in [6, 6.07) is 19.2. The van der Waals surface area contributed by atoms with Gasteiger partial charge in [-0.3, -0.25) is 13.9 Å². The smallest absolute Gasteiger partial charge is 0.264 e. The minimum Gasteiger partial charge on any atom is -0.357 e. The Bertz CT molecular complexity index is 1340. The summed E-state index contributed by atoms with van der Waals surface area (Å²) in [6.45, 7) is 3.01. The Hall–Kier alpha value is -2.88. The Labute approximate surface area is 225 Å². The zero-order chi connectivity index (χ0) is 26.5. The molecule has 0 saturated heterocycles. The summed E-state index contributed by atoms with van der Waals surface area (Å²) in [5, 5.41) is 2.93. The molecule has 0 heterocycles. The Balaban J connectivity index is 2.04. The molecule has 0 aromatic heterocycles. The van der Waals surface area contributed by atoms with E-state index in [2.05, 4.69) is 21.2 Å². The molecule has 3 rings (SSSR count). The molecule has 0 aliphatic heterocycles. The van der Waals surface area contributed by atoms with E-state index < -0.39 is 28.5 Å². The molecule has 1 unspecified atom stereocenters. The van der Waals surface area contributed by atoms with Gasteiger partial charge in [0.15, 0.2) is 0 Å². The second-order valence-corrected chi connectivity index (χ2v) is 11.4. The molecule has 0 fully saturated rings. The monoisotopic (exact) mass is 591 g/mol. The molecule has 7 nitrogen and oxygen atoms in total. The number of carbonyl (C=O) groups excluding carboxylic acids is 2. The summed E-state index contributed by atoms with van der Waals surface area (Å²) in [6.07, 6.45) is 0. The number of amides is 2. The van der Waals surface area contributed by atoms with Crippen molar-refractivity contribution in [2.24, 2.45) is 0 Å². The van der Waals surface area contributed by atoms with Crippen LogP contribution in [0.25, 0.3) is 0 Å². The van der Waals surface area contributed by atoms with Gasteiger partial charge < -0.3 is 10.2 Å². The first-order valence-corrected chi connectivity index (χ1v) is 13.7. The SMILES string of the molecule is CNC(=O)C(C)N(Cc1ccc(Br)cc1)C(=O)CN(c1ccc(C)c(Cl)c1)S(=O)(=O)c1ccccc1. The lowest BCUT2D eigenvalue weighted by atomic mass is 10.1. The zero-order valence-corrected chi connectivity index (χ0v) is 23.3. The van der Waals surface area contributed by atoms with Crippen LogP contribution >= 0.6 is 27.5 Å². The quantitative estimate of drug-likeness (QED) is 0.388. The maximum atomic E-state index is 13.7. The number of hydrogen-bond donors (Lipinski definition) is 1. The Kier molecular flexibility index (Phi) is 9.16. The highest BCUT2D eigenvalue weighted by molar-refractivity contribution is 9.10. The third-order valence-electron chi connectivity index (χ3n) is 5.73. The van der Waals surface area contributed by atoms with Gasteiger partial charge in [0.1, 0.15) is 12.6 Å². The maximum Gasteiger partial charge on any atom is 0.264 e. The molecular weight excluding hydrogens is 566 g/mol. The molecule has 1 atom stereocenters. The number of anilines is 1. The van der Waals surface area contributed by atoms with Gasteiger partial charge in [-0.1, -0.05) is 63.9 Å². The lowest BCUT2D eigenvalue weighted by molar-refractivity contribution is -0.139. The van der Waals surface area contributed by atoms with Gasteiger partial charge in [0.2, 0.25) is 11.8 Å². The number of likely N-dealkylation sites (N-methyl/N-ethyl adjacent to an activating group) is 1. The molecular formula is C26H27BrClN3O4S. The summed E-state index contributed by atoms with van der Waals surface area (Å²) in [5.74, 6) is -0.901. The van der Waals surface area contributed by atoms with Crippen molar-refractivity contribution in [3.63, 3.8) is 0 Å². The number of nitrogens with one attached hydrogen (secondary N) is 1. The topological polar surface area (TPSA) is 86.8 Å². The van der Waals surface area contributed by atoms with Crippen molar-refractivity contribution >= 4 is 55.1 Å². The molecule has 0 saturated carbocycles. The Morgan fingerprint density at radius 2 is 1.67 bits per heavy atom. The third kappa shape index (κ3) is 6.46. The minimum absolute atomic E-state index is 0.0355. The molecule has 10 heteroatoms. The van der Waals surface area contributed by atoms with Crippen molar-refractivity contribution in [3.05, 3.63) is 93.4 Å². The van der Waals surface area contributed by atoms with E-state index in [0.717, 1.165) is 19.9 Å². The molecule has 0 spiro atoms. The van der Waals surface area contributed by atoms with E-state index in [1.165, 1.54) is 30.1 Å². The van der Waals surface area contributed by atoms with Crippen LogP contribution in [0.4, 0.5) is 5.69 Å². The van der Waals surface area contributed by atoms with Gasteiger partial charge in [-0.15, -0.1) is 0 Å². The van der Waals surface area contributed by atoms with Gasteiger partial charge in [-0.2, -0.15) is 0 Å². The zero-order valence-electron chi connectivity index (χ0n) is 20.1. The highest BCUT2D eigenvalue weighted by Gasteiger charge is 2.32. The van der Waals surface area contributed by atoms with Crippen LogP contribution in [0, 0.1) is 6.92 Å².